The summed E-state index contributed by atoms with van der Waals surface area (Å²) in [5.74, 6) is 0.0486. The molecule has 0 atom stereocenters. The third-order valence-corrected chi connectivity index (χ3v) is 4.48. The molecule has 0 aliphatic heterocycles. The highest BCUT2D eigenvalue weighted by molar-refractivity contribution is 5.92. The van der Waals surface area contributed by atoms with Crippen LogP contribution in [0.25, 0.3) is 0 Å². The van der Waals surface area contributed by atoms with Crippen LogP contribution in [0.2, 0.25) is 0 Å². The van der Waals surface area contributed by atoms with E-state index in [4.69, 9.17) is 0 Å². The Morgan fingerprint density at radius 3 is 2.50 bits per heavy atom. The molecule has 0 unspecified atom stereocenters. The Bertz CT molecular complexity index is 544. The number of aryl methyl sites for hydroxylation is 2. The lowest BCUT2D eigenvalue weighted by Crippen LogP contribution is -2.44. The summed E-state index contributed by atoms with van der Waals surface area (Å²) in [6.45, 7) is 3.58. The topological polar surface area (TPSA) is 67.2 Å². The van der Waals surface area contributed by atoms with Gasteiger partial charge in [0.25, 0.3) is 5.91 Å². The smallest absolute Gasteiger partial charge is 0.272 e. The van der Waals surface area contributed by atoms with Crippen LogP contribution in [0, 0.1) is 0 Å². The third kappa shape index (κ3) is 3.67. The Labute approximate surface area is 131 Å². The van der Waals surface area contributed by atoms with Crippen molar-refractivity contribution in [2.24, 2.45) is 7.05 Å². The second-order valence-corrected chi connectivity index (χ2v) is 6.12. The number of hydrogen-bond donors (Lipinski definition) is 1. The van der Waals surface area contributed by atoms with E-state index in [1.807, 2.05) is 32.0 Å². The second-order valence-electron chi connectivity index (χ2n) is 6.12. The molecule has 1 fully saturated rings. The molecule has 1 aliphatic carbocycles. The van der Waals surface area contributed by atoms with Crippen LogP contribution in [0.4, 0.5) is 0 Å². The van der Waals surface area contributed by atoms with Gasteiger partial charge in [-0.2, -0.15) is 5.10 Å². The average Bonchev–Trinajstić information content (AvgIpc) is 2.87. The van der Waals surface area contributed by atoms with Gasteiger partial charge in [-0.3, -0.25) is 14.3 Å². The molecule has 0 saturated heterocycles. The minimum atomic E-state index is 0.0230. The molecule has 1 N–H and O–H groups in total. The number of carbonyl (C=O) groups is 2. The van der Waals surface area contributed by atoms with Gasteiger partial charge in [0.15, 0.2) is 0 Å². The first kappa shape index (κ1) is 16.5. The Balaban J connectivity index is 1.97. The van der Waals surface area contributed by atoms with E-state index in [9.17, 15) is 9.59 Å². The number of nitrogens with one attached hydrogen (secondary N) is 1. The van der Waals surface area contributed by atoms with Gasteiger partial charge in [0, 0.05) is 33.1 Å². The molecule has 0 spiro atoms. The van der Waals surface area contributed by atoms with Gasteiger partial charge in [-0.1, -0.05) is 6.92 Å². The van der Waals surface area contributed by atoms with Crippen molar-refractivity contribution in [2.45, 2.75) is 58.0 Å². The summed E-state index contributed by atoms with van der Waals surface area (Å²) < 4.78 is 1.67. The van der Waals surface area contributed by atoms with Crippen LogP contribution in [0.1, 0.15) is 55.7 Å². The molecule has 0 radical (unpaired) electrons. The van der Waals surface area contributed by atoms with Gasteiger partial charge in [0.1, 0.15) is 5.69 Å². The monoisotopic (exact) mass is 306 g/mol. The van der Waals surface area contributed by atoms with Crippen LogP contribution in [-0.4, -0.2) is 45.6 Å². The Morgan fingerprint density at radius 1 is 1.36 bits per heavy atom. The summed E-state index contributed by atoms with van der Waals surface area (Å²) in [7, 11) is 3.68. The predicted octanol–water partition coefficient (Wildman–Crippen LogP) is 1.50. The maximum absolute atomic E-state index is 12.6. The number of rotatable bonds is 4. The van der Waals surface area contributed by atoms with Gasteiger partial charge >= 0.3 is 0 Å². The van der Waals surface area contributed by atoms with Gasteiger partial charge in [-0.25, -0.2) is 0 Å². The predicted molar refractivity (Wildman–Crippen MR) is 84.5 cm³/mol. The van der Waals surface area contributed by atoms with Crippen molar-refractivity contribution in [1.29, 1.82) is 0 Å². The van der Waals surface area contributed by atoms with Crippen molar-refractivity contribution in [3.8, 4) is 0 Å². The van der Waals surface area contributed by atoms with Gasteiger partial charge in [0.2, 0.25) is 5.91 Å². The molecular weight excluding hydrogens is 280 g/mol. The second kappa shape index (κ2) is 6.94. The van der Waals surface area contributed by atoms with Crippen LogP contribution in [0.15, 0.2) is 6.07 Å². The molecule has 2 amide bonds. The molecule has 1 saturated carbocycles. The van der Waals surface area contributed by atoms with Crippen LogP contribution in [0.5, 0.6) is 0 Å². The summed E-state index contributed by atoms with van der Waals surface area (Å²) in [5.41, 5.74) is 1.58. The van der Waals surface area contributed by atoms with E-state index in [0.717, 1.165) is 37.8 Å². The van der Waals surface area contributed by atoms with E-state index in [0.29, 0.717) is 5.69 Å². The zero-order valence-electron chi connectivity index (χ0n) is 13.9. The molecule has 1 heterocycles. The summed E-state index contributed by atoms with van der Waals surface area (Å²) in [6.07, 6.45) is 4.52. The molecule has 1 aliphatic rings. The van der Waals surface area contributed by atoms with Crippen LogP contribution >= 0.6 is 0 Å². The molecule has 22 heavy (non-hydrogen) atoms. The van der Waals surface area contributed by atoms with Crippen molar-refractivity contribution < 1.29 is 9.59 Å². The fourth-order valence-corrected chi connectivity index (χ4v) is 3.14. The van der Waals surface area contributed by atoms with Crippen molar-refractivity contribution in [1.82, 2.24) is 20.0 Å². The third-order valence-electron chi connectivity index (χ3n) is 4.48. The lowest BCUT2D eigenvalue weighted by Gasteiger charge is -2.34. The van der Waals surface area contributed by atoms with Crippen molar-refractivity contribution in [3.63, 3.8) is 0 Å². The van der Waals surface area contributed by atoms with Crippen molar-refractivity contribution >= 4 is 11.8 Å². The fraction of sp³-hybridized carbons (Fsp3) is 0.688. The number of nitrogens with zero attached hydrogens (tertiary/aromatic N) is 3. The van der Waals surface area contributed by atoms with Gasteiger partial charge in [0.05, 0.1) is 5.69 Å². The molecule has 0 aromatic carbocycles. The van der Waals surface area contributed by atoms with Crippen molar-refractivity contribution in [3.05, 3.63) is 17.5 Å². The molecule has 0 bridgehead atoms. The molecule has 122 valence electrons. The molecule has 1 aromatic rings. The summed E-state index contributed by atoms with van der Waals surface area (Å²) in [4.78, 5) is 25.6. The Kier molecular flexibility index (Phi) is 5.21. The SMILES string of the molecule is CCc1cc(C(=O)N(C)C2CCC(NC(C)=O)CC2)n(C)n1. The van der Waals surface area contributed by atoms with Gasteiger partial charge in [-0.15, -0.1) is 0 Å². The number of amides is 2. The van der Waals surface area contributed by atoms with E-state index in [-0.39, 0.29) is 23.9 Å². The highest BCUT2D eigenvalue weighted by Crippen LogP contribution is 2.23. The minimum Gasteiger partial charge on any atom is -0.354 e. The maximum atomic E-state index is 12.6. The zero-order chi connectivity index (χ0) is 16.3. The van der Waals surface area contributed by atoms with Crippen molar-refractivity contribution in [2.75, 3.05) is 7.05 Å². The van der Waals surface area contributed by atoms with Crippen LogP contribution < -0.4 is 5.32 Å². The number of aromatic nitrogens is 2. The molecular formula is C16H26N4O2. The average molecular weight is 306 g/mol. The van der Waals surface area contributed by atoms with E-state index in [2.05, 4.69) is 10.4 Å². The number of carbonyl (C=O) groups excluding carboxylic acids is 2. The lowest BCUT2D eigenvalue weighted by atomic mass is 9.90. The highest BCUT2D eigenvalue weighted by Gasteiger charge is 2.28. The Morgan fingerprint density at radius 2 is 2.00 bits per heavy atom. The van der Waals surface area contributed by atoms with Gasteiger partial charge in [-0.05, 0) is 38.2 Å². The van der Waals surface area contributed by atoms with Crippen LogP contribution in [-0.2, 0) is 18.3 Å². The first-order valence-corrected chi connectivity index (χ1v) is 7.99. The largest absolute Gasteiger partial charge is 0.354 e. The standard InChI is InChI=1S/C16H26N4O2/c1-5-12-10-15(20(4)18-12)16(22)19(3)14-8-6-13(7-9-14)17-11(2)21/h10,13-14H,5-9H2,1-4H3,(H,17,21). The summed E-state index contributed by atoms with van der Waals surface area (Å²) in [6, 6.07) is 2.36. The van der Waals surface area contributed by atoms with E-state index >= 15 is 0 Å². The minimum absolute atomic E-state index is 0.0230. The van der Waals surface area contributed by atoms with E-state index in [1.54, 1.807) is 11.6 Å². The summed E-state index contributed by atoms with van der Waals surface area (Å²) >= 11 is 0. The highest BCUT2D eigenvalue weighted by atomic mass is 16.2. The van der Waals surface area contributed by atoms with Gasteiger partial charge < -0.3 is 10.2 Å². The molecule has 2 rings (SSSR count). The van der Waals surface area contributed by atoms with Crippen LogP contribution in [0.3, 0.4) is 0 Å². The first-order chi connectivity index (χ1) is 10.4. The van der Waals surface area contributed by atoms with E-state index in [1.165, 1.54) is 0 Å². The Hall–Kier alpha value is -1.85. The molecule has 6 heteroatoms. The lowest BCUT2D eigenvalue weighted by molar-refractivity contribution is -0.119. The number of hydrogen-bond acceptors (Lipinski definition) is 3. The summed E-state index contributed by atoms with van der Waals surface area (Å²) in [5, 5.41) is 7.31. The molecule has 1 aromatic heterocycles. The zero-order valence-corrected chi connectivity index (χ0v) is 13.9. The fourth-order valence-electron chi connectivity index (χ4n) is 3.14. The first-order valence-electron chi connectivity index (χ1n) is 7.99. The van der Waals surface area contributed by atoms with E-state index < -0.39 is 0 Å². The molecule has 6 nitrogen and oxygen atoms in total. The quantitative estimate of drug-likeness (QED) is 0.916. The normalized spacial score (nSPS) is 21.5. The maximum Gasteiger partial charge on any atom is 0.272 e.